The average Bonchev–Trinajstić information content (AvgIpc) is 3.71. The molecule has 1 unspecified atom stereocenters. The number of fused-ring (bicyclic) bond motifs is 3. The molecule has 5 aliphatic rings. The van der Waals surface area contributed by atoms with Crippen LogP contribution in [-0.4, -0.2) is 23.1 Å². The quantitative estimate of drug-likeness (QED) is 0.112. The summed E-state index contributed by atoms with van der Waals surface area (Å²) in [5, 5.41) is 0. The van der Waals surface area contributed by atoms with Gasteiger partial charge in [-0.3, -0.25) is 19.2 Å². The second-order valence-electron chi connectivity index (χ2n) is 19.3. The first kappa shape index (κ1) is 38.8. The van der Waals surface area contributed by atoms with E-state index in [4.69, 9.17) is 0 Å². The third kappa shape index (κ3) is 7.20. The first-order chi connectivity index (χ1) is 28.0. The fraction of sp³-hybridized carbons (Fsp3) is 0.444. The second kappa shape index (κ2) is 15.5. The highest BCUT2D eigenvalue weighted by atomic mass is 16.2. The highest BCUT2D eigenvalue weighted by molar-refractivity contribution is 6.28. The fourth-order valence-corrected chi connectivity index (χ4v) is 12.2. The normalized spacial score (nSPS) is 25.8. The Morgan fingerprint density at radius 3 is 2.02 bits per heavy atom. The fourth-order valence-electron chi connectivity index (χ4n) is 12.2. The van der Waals surface area contributed by atoms with Crippen molar-refractivity contribution in [2.24, 2.45) is 29.1 Å². The third-order valence-corrected chi connectivity index (χ3v) is 15.4. The molecule has 5 aliphatic carbocycles. The lowest BCUT2D eigenvalue weighted by Gasteiger charge is -2.51. The van der Waals surface area contributed by atoms with E-state index in [9.17, 15) is 19.2 Å². The van der Waals surface area contributed by atoms with Crippen LogP contribution in [0, 0.1) is 36.0 Å². The van der Waals surface area contributed by atoms with Crippen molar-refractivity contribution in [2.75, 3.05) is 0 Å². The molecule has 0 aliphatic heterocycles. The summed E-state index contributed by atoms with van der Waals surface area (Å²) >= 11 is 0. The number of hydrogen-bond acceptors (Lipinski definition) is 4. The molecule has 4 aromatic carbocycles. The Bertz CT molecular complexity index is 2230. The monoisotopic (exact) mass is 770 g/mol. The van der Waals surface area contributed by atoms with Gasteiger partial charge >= 0.3 is 0 Å². The van der Waals surface area contributed by atoms with E-state index in [-0.39, 0.29) is 29.2 Å². The first-order valence-corrected chi connectivity index (χ1v) is 22.1. The number of Topliss-reactive ketones (excluding diaryl/α,β-unsaturated/α-hetero) is 4. The van der Waals surface area contributed by atoms with Crippen LogP contribution in [0.1, 0.15) is 161 Å². The predicted molar refractivity (Wildman–Crippen MR) is 231 cm³/mol. The SMILES string of the molecule is C=C(C)CCC(C(C)=O)C1C(=O)c2cc3c(cc2C1=O)CC(CC(=O)C1CC2(CCC(c4ccc([C@@H]5c6ccc(C)cc6CC[C@@H]5c5ccccc5)cc4)CC2)C1)C3. The van der Waals surface area contributed by atoms with Gasteiger partial charge in [0, 0.05) is 35.3 Å². The maximum absolute atomic E-state index is 13.7. The van der Waals surface area contributed by atoms with Gasteiger partial charge in [-0.1, -0.05) is 83.9 Å². The van der Waals surface area contributed by atoms with E-state index in [1.807, 2.05) is 19.1 Å². The molecule has 298 valence electrons. The molecule has 58 heavy (non-hydrogen) atoms. The van der Waals surface area contributed by atoms with Crippen LogP contribution in [0.5, 0.6) is 0 Å². The number of aryl methyl sites for hydroxylation is 2. The Balaban J connectivity index is 0.789. The predicted octanol–water partition coefficient (Wildman–Crippen LogP) is 11.8. The van der Waals surface area contributed by atoms with Crippen LogP contribution in [0.15, 0.2) is 97.1 Å². The van der Waals surface area contributed by atoms with Gasteiger partial charge in [0.1, 0.15) is 11.6 Å². The first-order valence-electron chi connectivity index (χ1n) is 22.1. The molecule has 3 atom stereocenters. The number of hydrogen-bond donors (Lipinski definition) is 0. The van der Waals surface area contributed by atoms with E-state index in [2.05, 4.69) is 86.3 Å². The maximum atomic E-state index is 13.7. The molecule has 2 saturated carbocycles. The van der Waals surface area contributed by atoms with Crippen molar-refractivity contribution >= 4 is 23.1 Å². The Morgan fingerprint density at radius 2 is 1.40 bits per heavy atom. The average molecular weight is 771 g/mol. The van der Waals surface area contributed by atoms with Gasteiger partial charge in [0.05, 0.1) is 5.92 Å². The van der Waals surface area contributed by atoms with E-state index in [1.165, 1.54) is 72.4 Å². The number of rotatable bonds is 11. The maximum Gasteiger partial charge on any atom is 0.175 e. The molecule has 0 bridgehead atoms. The molecule has 4 nitrogen and oxygen atoms in total. The van der Waals surface area contributed by atoms with Gasteiger partial charge in [-0.25, -0.2) is 0 Å². The van der Waals surface area contributed by atoms with Gasteiger partial charge in [-0.2, -0.15) is 0 Å². The van der Waals surface area contributed by atoms with E-state index < -0.39 is 11.8 Å². The summed E-state index contributed by atoms with van der Waals surface area (Å²) in [4.78, 5) is 53.4. The van der Waals surface area contributed by atoms with Gasteiger partial charge in [-0.05, 0) is 172 Å². The topological polar surface area (TPSA) is 68.3 Å². The van der Waals surface area contributed by atoms with Crippen molar-refractivity contribution in [3.8, 4) is 0 Å². The summed E-state index contributed by atoms with van der Waals surface area (Å²) < 4.78 is 0. The van der Waals surface area contributed by atoms with Gasteiger partial charge in [-0.15, -0.1) is 6.58 Å². The highest BCUT2D eigenvalue weighted by Crippen LogP contribution is 2.58. The van der Waals surface area contributed by atoms with Crippen molar-refractivity contribution in [3.05, 3.63) is 153 Å². The van der Waals surface area contributed by atoms with Gasteiger partial charge in [0.15, 0.2) is 11.6 Å². The van der Waals surface area contributed by atoms with Crippen LogP contribution in [-0.2, 0) is 28.9 Å². The number of carbonyl (C=O) groups is 4. The second-order valence-corrected chi connectivity index (χ2v) is 19.3. The minimum Gasteiger partial charge on any atom is -0.300 e. The van der Waals surface area contributed by atoms with E-state index in [0.717, 1.165) is 48.8 Å². The van der Waals surface area contributed by atoms with Gasteiger partial charge in [0.2, 0.25) is 0 Å². The lowest BCUT2D eigenvalue weighted by Crippen LogP contribution is -2.43. The van der Waals surface area contributed by atoms with E-state index in [1.54, 1.807) is 0 Å². The lowest BCUT2D eigenvalue weighted by atomic mass is 9.53. The third-order valence-electron chi connectivity index (χ3n) is 15.4. The van der Waals surface area contributed by atoms with Crippen LogP contribution < -0.4 is 0 Å². The molecule has 0 amide bonds. The smallest absolute Gasteiger partial charge is 0.175 e. The molecule has 0 radical (unpaired) electrons. The largest absolute Gasteiger partial charge is 0.300 e. The molecule has 2 fully saturated rings. The van der Waals surface area contributed by atoms with Crippen molar-refractivity contribution in [3.63, 3.8) is 0 Å². The van der Waals surface area contributed by atoms with E-state index in [0.29, 0.717) is 59.3 Å². The summed E-state index contributed by atoms with van der Waals surface area (Å²) in [6, 6.07) is 31.7. The van der Waals surface area contributed by atoms with Crippen LogP contribution in [0.4, 0.5) is 0 Å². The Labute approximate surface area is 344 Å². The molecule has 9 rings (SSSR count). The van der Waals surface area contributed by atoms with Crippen molar-refractivity contribution in [2.45, 2.75) is 122 Å². The summed E-state index contributed by atoms with van der Waals surface area (Å²) in [6.07, 6.45) is 12.3. The zero-order chi connectivity index (χ0) is 40.3. The minimum absolute atomic E-state index is 0.114. The number of carbonyl (C=O) groups excluding carboxylic acids is 4. The van der Waals surface area contributed by atoms with E-state index >= 15 is 0 Å². The molecule has 0 saturated heterocycles. The summed E-state index contributed by atoms with van der Waals surface area (Å²) in [7, 11) is 0. The molecule has 4 heteroatoms. The number of allylic oxidation sites excluding steroid dienone is 1. The summed E-state index contributed by atoms with van der Waals surface area (Å²) in [5.74, 6) is 0.129. The van der Waals surface area contributed by atoms with Crippen LogP contribution in [0.3, 0.4) is 0 Å². The molecule has 4 aromatic rings. The van der Waals surface area contributed by atoms with Crippen LogP contribution in [0.25, 0.3) is 0 Å². The molecule has 0 N–H and O–H groups in total. The summed E-state index contributed by atoms with van der Waals surface area (Å²) in [6.45, 7) is 9.53. The van der Waals surface area contributed by atoms with Gasteiger partial charge in [0.25, 0.3) is 0 Å². The minimum atomic E-state index is -0.920. The Morgan fingerprint density at radius 1 is 0.759 bits per heavy atom. The standard InChI is InChI=1S/C54H58O4/c1-32(2)10-17-44(34(4)55)51-52(57)47-28-41-25-35(26-42(41)29-48(47)53(51)58)27-49(56)43-30-54(31-43)22-20-37(21-23-54)36-12-14-39(15-13-36)50-45(38-8-6-5-7-9-38)19-16-40-24-33(3)11-18-46(40)50/h5-9,11-15,18,24,28-29,35,37,43-45,50-51H,1,10,16-17,19-23,25-27,30-31H2,2-4H3/t35?,37?,43?,44?,45-,50+,51?,54?/m1/s1. The lowest BCUT2D eigenvalue weighted by molar-refractivity contribution is -0.133. The highest BCUT2D eigenvalue weighted by Gasteiger charge is 2.49. The zero-order valence-corrected chi connectivity index (χ0v) is 34.7. The molecule has 0 heterocycles. The Hall–Kier alpha value is -4.70. The van der Waals surface area contributed by atoms with Crippen LogP contribution in [0.2, 0.25) is 0 Å². The molecule has 1 spiro atoms. The molecule has 0 aromatic heterocycles. The van der Waals surface area contributed by atoms with Gasteiger partial charge < -0.3 is 0 Å². The zero-order valence-electron chi connectivity index (χ0n) is 34.7. The van der Waals surface area contributed by atoms with Crippen molar-refractivity contribution < 1.29 is 19.2 Å². The number of benzene rings is 4. The number of ketones is 4. The molecular weight excluding hydrogens is 713 g/mol. The van der Waals surface area contributed by atoms with Crippen LogP contribution >= 0.6 is 0 Å². The Kier molecular flexibility index (Phi) is 10.4. The van der Waals surface area contributed by atoms with Crippen molar-refractivity contribution in [1.82, 2.24) is 0 Å². The summed E-state index contributed by atoms with van der Waals surface area (Å²) in [5.41, 5.74) is 13.0. The van der Waals surface area contributed by atoms with Crippen molar-refractivity contribution in [1.29, 1.82) is 0 Å². The molecular formula is C54H58O4.